The van der Waals surface area contributed by atoms with Crippen LogP contribution in [0, 0.1) is 11.8 Å². The van der Waals surface area contributed by atoms with E-state index in [4.69, 9.17) is 0 Å². The number of aliphatic carboxylic acids is 2. The molecule has 4 nitrogen and oxygen atoms in total. The zero-order chi connectivity index (χ0) is 21.3. The quantitative estimate of drug-likeness (QED) is 0.418. The zero-order valence-corrected chi connectivity index (χ0v) is 18.2. The standard InChI is InChI=1S/C24H38O4/c1-6-7-8-18-11-14-19(20(23(25)26)12-9-16(2)3)22(15-18)21(24(27)28)13-10-17(4)5/h11,14-17,20-21H,6-10,12-13H2,1-5H3,(H,25,26)(H,27,28). The van der Waals surface area contributed by atoms with Gasteiger partial charge in [0.15, 0.2) is 0 Å². The molecule has 2 unspecified atom stereocenters. The van der Waals surface area contributed by atoms with E-state index in [1.54, 1.807) is 0 Å². The summed E-state index contributed by atoms with van der Waals surface area (Å²) in [5, 5.41) is 19.8. The molecule has 2 atom stereocenters. The molecule has 0 saturated heterocycles. The first-order valence-corrected chi connectivity index (χ1v) is 10.8. The number of aryl methyl sites for hydroxylation is 1. The Labute approximate surface area is 170 Å². The van der Waals surface area contributed by atoms with Crippen LogP contribution >= 0.6 is 0 Å². The number of benzene rings is 1. The van der Waals surface area contributed by atoms with Crippen LogP contribution in [0.4, 0.5) is 0 Å². The van der Waals surface area contributed by atoms with Gasteiger partial charge in [-0.05, 0) is 67.1 Å². The minimum absolute atomic E-state index is 0.407. The van der Waals surface area contributed by atoms with Gasteiger partial charge in [0.2, 0.25) is 0 Å². The van der Waals surface area contributed by atoms with Gasteiger partial charge in [0.05, 0.1) is 11.8 Å². The summed E-state index contributed by atoms with van der Waals surface area (Å²) in [5.41, 5.74) is 2.49. The third-order valence-corrected chi connectivity index (χ3v) is 5.38. The highest BCUT2D eigenvalue weighted by molar-refractivity contribution is 5.80. The number of carboxylic acids is 2. The molecule has 0 aromatic heterocycles. The van der Waals surface area contributed by atoms with E-state index in [-0.39, 0.29) is 0 Å². The number of hydrogen-bond donors (Lipinski definition) is 2. The van der Waals surface area contributed by atoms with Crippen LogP contribution < -0.4 is 0 Å². The normalized spacial score (nSPS) is 13.7. The van der Waals surface area contributed by atoms with Crippen molar-refractivity contribution in [3.8, 4) is 0 Å². The van der Waals surface area contributed by atoms with Gasteiger partial charge in [0.1, 0.15) is 0 Å². The van der Waals surface area contributed by atoms with Gasteiger partial charge >= 0.3 is 11.9 Å². The van der Waals surface area contributed by atoms with Gasteiger partial charge in [-0.2, -0.15) is 0 Å². The third-order valence-electron chi connectivity index (χ3n) is 5.38. The van der Waals surface area contributed by atoms with Gasteiger partial charge in [-0.25, -0.2) is 0 Å². The van der Waals surface area contributed by atoms with Crippen molar-refractivity contribution < 1.29 is 19.8 Å². The molecule has 0 aliphatic heterocycles. The smallest absolute Gasteiger partial charge is 0.310 e. The molecular formula is C24H38O4. The topological polar surface area (TPSA) is 74.6 Å². The SMILES string of the molecule is CCCCc1ccc(C(CCC(C)C)C(=O)O)c(C(CCC(C)C)C(=O)O)c1. The number of carboxylic acid groups (broad SMARTS) is 2. The minimum atomic E-state index is -0.865. The Hall–Kier alpha value is -1.84. The summed E-state index contributed by atoms with van der Waals surface area (Å²) in [4.78, 5) is 24.1. The summed E-state index contributed by atoms with van der Waals surface area (Å²) < 4.78 is 0. The molecule has 0 saturated carbocycles. The van der Waals surface area contributed by atoms with E-state index in [1.807, 2.05) is 18.2 Å². The van der Waals surface area contributed by atoms with Gasteiger partial charge in [0, 0.05) is 0 Å². The molecule has 4 heteroatoms. The monoisotopic (exact) mass is 390 g/mol. The summed E-state index contributed by atoms with van der Waals surface area (Å²) in [5.74, 6) is -2.22. The molecule has 0 radical (unpaired) electrons. The van der Waals surface area contributed by atoms with E-state index < -0.39 is 23.8 Å². The Bertz CT molecular complexity index is 633. The summed E-state index contributed by atoms with van der Waals surface area (Å²) in [6.45, 7) is 10.5. The van der Waals surface area contributed by atoms with Crippen molar-refractivity contribution >= 4 is 11.9 Å². The molecule has 0 aliphatic carbocycles. The van der Waals surface area contributed by atoms with Crippen LogP contribution in [0.25, 0.3) is 0 Å². The van der Waals surface area contributed by atoms with Crippen LogP contribution in [0.1, 0.15) is 102 Å². The van der Waals surface area contributed by atoms with Crippen molar-refractivity contribution in [1.82, 2.24) is 0 Å². The van der Waals surface area contributed by atoms with E-state index in [0.29, 0.717) is 35.8 Å². The van der Waals surface area contributed by atoms with Gasteiger partial charge in [-0.3, -0.25) is 9.59 Å². The molecule has 0 spiro atoms. The minimum Gasteiger partial charge on any atom is -0.481 e. The van der Waals surface area contributed by atoms with Crippen molar-refractivity contribution in [3.05, 3.63) is 34.9 Å². The molecule has 0 amide bonds. The Morgan fingerprint density at radius 3 is 1.75 bits per heavy atom. The van der Waals surface area contributed by atoms with Crippen molar-refractivity contribution in [2.75, 3.05) is 0 Å². The highest BCUT2D eigenvalue weighted by Crippen LogP contribution is 2.35. The Kier molecular flexibility index (Phi) is 10.3. The fourth-order valence-corrected chi connectivity index (χ4v) is 3.60. The first-order chi connectivity index (χ1) is 13.2. The molecule has 28 heavy (non-hydrogen) atoms. The highest BCUT2D eigenvalue weighted by atomic mass is 16.4. The lowest BCUT2D eigenvalue weighted by Crippen LogP contribution is -2.20. The van der Waals surface area contributed by atoms with Gasteiger partial charge in [-0.1, -0.05) is 59.2 Å². The van der Waals surface area contributed by atoms with Gasteiger partial charge in [-0.15, -0.1) is 0 Å². The van der Waals surface area contributed by atoms with E-state index in [1.165, 1.54) is 0 Å². The molecule has 0 bridgehead atoms. The molecule has 1 aromatic rings. The number of unbranched alkanes of at least 4 members (excludes halogenated alkanes) is 1. The van der Waals surface area contributed by atoms with Crippen LogP contribution in [0.3, 0.4) is 0 Å². The van der Waals surface area contributed by atoms with Gasteiger partial charge < -0.3 is 10.2 Å². The fraction of sp³-hybridized carbons (Fsp3) is 0.667. The predicted molar refractivity (Wildman–Crippen MR) is 114 cm³/mol. The van der Waals surface area contributed by atoms with Crippen LogP contribution in [-0.2, 0) is 16.0 Å². The highest BCUT2D eigenvalue weighted by Gasteiger charge is 2.29. The average Bonchev–Trinajstić information content (AvgIpc) is 2.60. The molecule has 0 heterocycles. The lowest BCUT2D eigenvalue weighted by molar-refractivity contribution is -0.140. The molecule has 2 N–H and O–H groups in total. The van der Waals surface area contributed by atoms with Crippen molar-refractivity contribution in [3.63, 3.8) is 0 Å². The third kappa shape index (κ3) is 7.65. The van der Waals surface area contributed by atoms with E-state index in [0.717, 1.165) is 37.7 Å². The van der Waals surface area contributed by atoms with Crippen molar-refractivity contribution in [2.24, 2.45) is 11.8 Å². The lowest BCUT2D eigenvalue weighted by atomic mass is 9.81. The Morgan fingerprint density at radius 1 is 0.821 bits per heavy atom. The van der Waals surface area contributed by atoms with E-state index in [9.17, 15) is 19.8 Å². The number of rotatable bonds is 13. The second-order valence-corrected chi connectivity index (χ2v) is 8.79. The molecule has 0 fully saturated rings. The summed E-state index contributed by atoms with van der Waals surface area (Å²) in [6.07, 6.45) is 5.68. The lowest BCUT2D eigenvalue weighted by Gasteiger charge is -2.23. The maximum atomic E-state index is 12.1. The molecule has 0 aliphatic rings. The molecular weight excluding hydrogens is 352 g/mol. The second-order valence-electron chi connectivity index (χ2n) is 8.79. The first kappa shape index (κ1) is 24.2. The number of carbonyl (C=O) groups is 2. The summed E-state index contributed by atoms with van der Waals surface area (Å²) in [7, 11) is 0. The summed E-state index contributed by atoms with van der Waals surface area (Å²) in [6, 6.07) is 5.83. The molecule has 1 rings (SSSR count). The van der Waals surface area contributed by atoms with E-state index in [2.05, 4.69) is 34.6 Å². The Morgan fingerprint density at radius 2 is 1.32 bits per heavy atom. The van der Waals surface area contributed by atoms with Crippen LogP contribution in [0.2, 0.25) is 0 Å². The van der Waals surface area contributed by atoms with Gasteiger partial charge in [0.25, 0.3) is 0 Å². The number of hydrogen-bond acceptors (Lipinski definition) is 2. The fourth-order valence-electron chi connectivity index (χ4n) is 3.60. The van der Waals surface area contributed by atoms with Crippen LogP contribution in [-0.4, -0.2) is 22.2 Å². The Balaban J connectivity index is 3.38. The predicted octanol–water partition coefficient (Wildman–Crippen LogP) is 6.24. The van der Waals surface area contributed by atoms with Crippen LogP contribution in [0.5, 0.6) is 0 Å². The largest absolute Gasteiger partial charge is 0.481 e. The maximum absolute atomic E-state index is 12.1. The second kappa shape index (κ2) is 11.9. The van der Waals surface area contributed by atoms with Crippen molar-refractivity contribution in [2.45, 2.75) is 91.4 Å². The molecule has 158 valence electrons. The first-order valence-electron chi connectivity index (χ1n) is 10.8. The van der Waals surface area contributed by atoms with Crippen LogP contribution in [0.15, 0.2) is 18.2 Å². The van der Waals surface area contributed by atoms with E-state index >= 15 is 0 Å². The van der Waals surface area contributed by atoms with Crippen molar-refractivity contribution in [1.29, 1.82) is 0 Å². The zero-order valence-electron chi connectivity index (χ0n) is 18.2. The average molecular weight is 391 g/mol. The molecule has 1 aromatic carbocycles. The maximum Gasteiger partial charge on any atom is 0.310 e. The summed E-state index contributed by atoms with van der Waals surface area (Å²) >= 11 is 0.